The molecule has 4 rings (SSSR count). The highest BCUT2D eigenvalue weighted by atomic mass is 32.2. The van der Waals surface area contributed by atoms with Crippen LogP contribution in [0, 0.1) is 10.1 Å². The predicted molar refractivity (Wildman–Crippen MR) is 113 cm³/mol. The minimum absolute atomic E-state index is 0.109. The van der Waals surface area contributed by atoms with E-state index in [-0.39, 0.29) is 28.9 Å². The number of thioether (sulfide) groups is 1. The van der Waals surface area contributed by atoms with Gasteiger partial charge in [-0.2, -0.15) is 0 Å². The van der Waals surface area contributed by atoms with Gasteiger partial charge in [0.05, 0.1) is 27.6 Å². The quantitative estimate of drug-likeness (QED) is 0.261. The van der Waals surface area contributed by atoms with E-state index in [1.807, 2.05) is 6.92 Å². The van der Waals surface area contributed by atoms with Crippen molar-refractivity contribution in [2.24, 2.45) is 0 Å². The van der Waals surface area contributed by atoms with Crippen LogP contribution in [-0.4, -0.2) is 26.7 Å². The summed E-state index contributed by atoms with van der Waals surface area (Å²) < 4.78 is 1.47. The van der Waals surface area contributed by atoms with Crippen LogP contribution < -0.4 is 14.7 Å². The van der Waals surface area contributed by atoms with E-state index in [9.17, 15) is 20.0 Å². The Hall–Kier alpha value is -3.53. The lowest BCUT2D eigenvalue weighted by Gasteiger charge is -2.33. The van der Waals surface area contributed by atoms with Crippen LogP contribution in [0.2, 0.25) is 0 Å². The van der Waals surface area contributed by atoms with E-state index >= 15 is 0 Å². The highest BCUT2D eigenvalue weighted by molar-refractivity contribution is 7.99. The third kappa shape index (κ3) is 3.59. The molecule has 0 saturated carbocycles. The molecule has 3 aromatic rings. The lowest BCUT2D eigenvalue weighted by molar-refractivity contribution is -0.764. The van der Waals surface area contributed by atoms with Crippen LogP contribution in [0.3, 0.4) is 0 Å². The molecule has 0 spiro atoms. The number of nitrogens with zero attached hydrogens (tertiary/aromatic N) is 5. The first kappa shape index (κ1) is 20.7. The number of aromatic nitrogens is 3. The van der Waals surface area contributed by atoms with Gasteiger partial charge in [-0.3, -0.25) is 14.9 Å². The summed E-state index contributed by atoms with van der Waals surface area (Å²) in [7, 11) is 0. The molecule has 1 amide bonds. The highest BCUT2D eigenvalue weighted by Gasteiger charge is 2.44. The summed E-state index contributed by atoms with van der Waals surface area (Å²) in [5.41, 5.74) is 1.70. The third-order valence-electron chi connectivity index (χ3n) is 4.94. The van der Waals surface area contributed by atoms with Gasteiger partial charge in [-0.15, -0.1) is 0 Å². The predicted octanol–water partition coefficient (Wildman–Crippen LogP) is 2.83. The summed E-state index contributed by atoms with van der Waals surface area (Å²) in [4.78, 5) is 29.6. The molecule has 1 aliphatic rings. The maximum Gasteiger partial charge on any atom is 0.293 e. The molecular weight excluding hydrogens is 418 g/mol. The van der Waals surface area contributed by atoms with Crippen LogP contribution in [0.1, 0.15) is 32.0 Å². The number of hydrogen-bond donors (Lipinski definition) is 0. The average Bonchev–Trinajstić information content (AvgIpc) is 2.77. The van der Waals surface area contributed by atoms with Crippen molar-refractivity contribution in [3.05, 3.63) is 64.2 Å². The molecule has 2 aromatic carbocycles. The van der Waals surface area contributed by atoms with Gasteiger partial charge in [0.2, 0.25) is 5.91 Å². The fraction of sp³-hybridized carbons (Fsp3) is 0.238. The van der Waals surface area contributed by atoms with Gasteiger partial charge >= 0.3 is 0 Å². The average molecular weight is 437 g/mol. The van der Waals surface area contributed by atoms with Crippen LogP contribution >= 0.6 is 11.8 Å². The van der Waals surface area contributed by atoms with Crippen molar-refractivity contribution in [2.45, 2.75) is 31.6 Å². The van der Waals surface area contributed by atoms with Crippen LogP contribution in [0.5, 0.6) is 5.88 Å². The van der Waals surface area contributed by atoms with Crippen molar-refractivity contribution in [2.75, 3.05) is 10.7 Å². The molecule has 1 aliphatic heterocycles. The molecule has 2 heterocycles. The summed E-state index contributed by atoms with van der Waals surface area (Å²) in [5, 5.41) is 29.3. The smallest absolute Gasteiger partial charge is 0.293 e. The minimum atomic E-state index is -0.857. The topological polar surface area (TPSA) is 116 Å². The lowest BCUT2D eigenvalue weighted by Crippen LogP contribution is -2.59. The second kappa shape index (κ2) is 8.31. The van der Waals surface area contributed by atoms with Crippen molar-refractivity contribution in [1.29, 1.82) is 0 Å². The number of carbonyl (C=O) groups is 1. The molecule has 1 unspecified atom stereocenters. The molecule has 0 saturated heterocycles. The zero-order chi connectivity index (χ0) is 22.1. The Morgan fingerprint density at radius 3 is 2.71 bits per heavy atom. The van der Waals surface area contributed by atoms with Gasteiger partial charge in [-0.1, -0.05) is 48.5 Å². The Labute approximate surface area is 182 Å². The number of nitro benzene ring substituents is 1. The fourth-order valence-corrected chi connectivity index (χ4v) is 4.21. The maximum absolute atomic E-state index is 13.1. The fourth-order valence-electron chi connectivity index (χ4n) is 3.66. The number of fused-ring (bicyclic) bond motifs is 3. The van der Waals surface area contributed by atoms with Gasteiger partial charge in [-0.25, -0.2) is 9.88 Å². The van der Waals surface area contributed by atoms with Crippen LogP contribution in [0.25, 0.3) is 11.3 Å². The Morgan fingerprint density at radius 2 is 2.00 bits per heavy atom. The number of anilines is 1. The molecule has 0 N–H and O–H groups in total. The maximum atomic E-state index is 13.1. The van der Waals surface area contributed by atoms with E-state index in [1.165, 1.54) is 28.6 Å². The van der Waals surface area contributed by atoms with E-state index < -0.39 is 17.0 Å². The molecule has 158 valence electrons. The normalized spacial score (nSPS) is 14.6. The van der Waals surface area contributed by atoms with Gasteiger partial charge in [0, 0.05) is 23.7 Å². The molecule has 1 aromatic heterocycles. The number of rotatable bonds is 5. The summed E-state index contributed by atoms with van der Waals surface area (Å²) in [6.45, 7) is 3.66. The molecule has 9 nitrogen and oxygen atoms in total. The molecular formula is C21H19N5O4S. The van der Waals surface area contributed by atoms with Gasteiger partial charge in [0.25, 0.3) is 22.7 Å². The number of benzene rings is 2. The molecule has 0 radical (unpaired) electrons. The first-order chi connectivity index (χ1) is 15.0. The molecule has 31 heavy (non-hydrogen) atoms. The van der Waals surface area contributed by atoms with Crippen molar-refractivity contribution in [3.63, 3.8) is 0 Å². The first-order valence-corrected chi connectivity index (χ1v) is 10.7. The molecule has 0 aliphatic carbocycles. The standard InChI is InChI=1S/C21H19N5O4S/c1-3-17(27)24-16-11-6-5-10-15(16)18-19(28)22-21(31-4-2)23-25(18)20(24)13-8-7-9-14(12-13)26(29)30/h5-12,20H,3-4H2,1-2H3. The van der Waals surface area contributed by atoms with Gasteiger partial charge < -0.3 is 5.11 Å². The van der Waals surface area contributed by atoms with E-state index in [1.54, 1.807) is 48.2 Å². The van der Waals surface area contributed by atoms with Gasteiger partial charge in [-0.05, 0) is 24.0 Å². The minimum Gasteiger partial charge on any atom is -0.854 e. The molecule has 1 atom stereocenters. The number of hydrogen-bond acceptors (Lipinski definition) is 7. The number of non-ortho nitro benzene ring substituents is 1. The Morgan fingerprint density at radius 1 is 1.23 bits per heavy atom. The van der Waals surface area contributed by atoms with Crippen molar-refractivity contribution >= 4 is 29.0 Å². The van der Waals surface area contributed by atoms with E-state index in [0.29, 0.717) is 22.6 Å². The Kier molecular flexibility index (Phi) is 5.55. The lowest BCUT2D eigenvalue weighted by atomic mass is 10.0. The Bertz CT molecular complexity index is 1190. The highest BCUT2D eigenvalue weighted by Crippen LogP contribution is 2.41. The summed E-state index contributed by atoms with van der Waals surface area (Å²) in [6, 6.07) is 13.1. The van der Waals surface area contributed by atoms with Crippen LogP contribution in [0.4, 0.5) is 11.4 Å². The summed E-state index contributed by atoms with van der Waals surface area (Å²) >= 11 is 1.31. The van der Waals surface area contributed by atoms with E-state index in [4.69, 9.17) is 0 Å². The number of carbonyl (C=O) groups excluding carboxylic acids is 1. The third-order valence-corrected chi connectivity index (χ3v) is 5.66. The zero-order valence-corrected chi connectivity index (χ0v) is 17.7. The molecule has 0 fully saturated rings. The largest absolute Gasteiger partial charge is 0.854 e. The first-order valence-electron chi connectivity index (χ1n) is 9.75. The van der Waals surface area contributed by atoms with Crippen molar-refractivity contribution in [3.8, 4) is 17.1 Å². The summed E-state index contributed by atoms with van der Waals surface area (Å²) in [5.74, 6) is 0.00403. The van der Waals surface area contributed by atoms with E-state index in [0.717, 1.165) is 0 Å². The number of amides is 1. The second-order valence-electron chi connectivity index (χ2n) is 6.79. The van der Waals surface area contributed by atoms with Gasteiger partial charge in [0.15, 0.2) is 0 Å². The van der Waals surface area contributed by atoms with Gasteiger partial charge in [0.1, 0.15) is 0 Å². The zero-order valence-electron chi connectivity index (χ0n) is 16.9. The SMILES string of the molecule is CCSc1nc([O-])c2[n+](n1)C(c1cccc([N+](=O)[O-])c1)N(C(=O)CC)c1ccccc1-2. The summed E-state index contributed by atoms with van der Waals surface area (Å²) in [6.07, 6.45) is -0.647. The van der Waals surface area contributed by atoms with Crippen molar-refractivity contribution < 1.29 is 19.5 Å². The molecule has 0 bridgehead atoms. The second-order valence-corrected chi connectivity index (χ2v) is 8.02. The molecule has 10 heteroatoms. The van der Waals surface area contributed by atoms with Crippen LogP contribution in [0.15, 0.2) is 53.7 Å². The number of nitro groups is 1. The van der Waals surface area contributed by atoms with E-state index in [2.05, 4.69) is 10.1 Å². The monoisotopic (exact) mass is 437 g/mol. The van der Waals surface area contributed by atoms with Crippen LogP contribution in [-0.2, 0) is 4.79 Å². The van der Waals surface area contributed by atoms with Crippen molar-refractivity contribution in [1.82, 2.24) is 10.1 Å². The number of para-hydroxylation sites is 1. The Balaban J connectivity index is 2.05.